The molecule has 3 rings (SSSR count). The maximum atomic E-state index is 14.0. The molecule has 0 saturated carbocycles. The Morgan fingerprint density at radius 2 is 1.97 bits per heavy atom. The number of ether oxygens (including phenoxy) is 2. The molecule has 2 aliphatic heterocycles. The summed E-state index contributed by atoms with van der Waals surface area (Å²) in [4.78, 5) is 8.39. The van der Waals surface area contributed by atoms with Gasteiger partial charge in [0.05, 0.1) is 5.69 Å². The Kier molecular flexibility index (Phi) is 8.49. The van der Waals surface area contributed by atoms with Crippen molar-refractivity contribution in [1.29, 1.82) is 0 Å². The third kappa shape index (κ3) is 6.54. The first-order valence-corrected chi connectivity index (χ1v) is 10.5. The highest BCUT2D eigenvalue weighted by Crippen LogP contribution is 2.22. The van der Waals surface area contributed by atoms with E-state index >= 15 is 0 Å². The van der Waals surface area contributed by atoms with Crippen molar-refractivity contribution in [3.8, 4) is 0 Å². The first-order valence-electron chi connectivity index (χ1n) is 10.5. The Balaban J connectivity index is 1.34. The number of piperazine rings is 1. The standard InChI is InChI=1S/C21H32F2N4O2/c1-24-21(25-7-2-12-29-16-17-5-13-28-14-6-17)27-10-8-26(9-11-27)20-15-18(22)3-4-19(20)23/h3-4,15,17H,2,5-14,16H2,1H3,(H,24,25). The molecule has 0 radical (unpaired) electrons. The van der Waals surface area contributed by atoms with Gasteiger partial charge in [-0.15, -0.1) is 0 Å². The van der Waals surface area contributed by atoms with Crippen molar-refractivity contribution in [2.45, 2.75) is 19.3 Å². The molecule has 2 aliphatic rings. The molecule has 162 valence electrons. The van der Waals surface area contributed by atoms with Gasteiger partial charge in [-0.05, 0) is 37.3 Å². The molecule has 1 N–H and O–H groups in total. The van der Waals surface area contributed by atoms with E-state index in [1.54, 1.807) is 7.05 Å². The quantitative estimate of drug-likeness (QED) is 0.425. The van der Waals surface area contributed by atoms with Crippen LogP contribution in [0.4, 0.5) is 14.5 Å². The lowest BCUT2D eigenvalue weighted by molar-refractivity contribution is 0.0203. The van der Waals surface area contributed by atoms with Crippen LogP contribution in [0, 0.1) is 17.6 Å². The number of rotatable bonds is 7. The summed E-state index contributed by atoms with van der Waals surface area (Å²) in [6.07, 6.45) is 3.10. The van der Waals surface area contributed by atoms with Crippen LogP contribution in [0.15, 0.2) is 23.2 Å². The summed E-state index contributed by atoms with van der Waals surface area (Å²) in [7, 11) is 1.77. The number of hydrogen-bond acceptors (Lipinski definition) is 4. The van der Waals surface area contributed by atoms with E-state index in [0.29, 0.717) is 37.8 Å². The lowest BCUT2D eigenvalue weighted by Gasteiger charge is -2.37. The van der Waals surface area contributed by atoms with Crippen LogP contribution in [-0.4, -0.2) is 77.1 Å². The van der Waals surface area contributed by atoms with Crippen LogP contribution in [0.5, 0.6) is 0 Å². The molecule has 1 aromatic rings. The zero-order valence-corrected chi connectivity index (χ0v) is 17.2. The van der Waals surface area contributed by atoms with Crippen molar-refractivity contribution >= 4 is 11.6 Å². The van der Waals surface area contributed by atoms with Crippen LogP contribution >= 0.6 is 0 Å². The molecule has 0 unspecified atom stereocenters. The Bertz CT molecular complexity index is 660. The summed E-state index contributed by atoms with van der Waals surface area (Å²) in [5.74, 6) is 0.668. The Morgan fingerprint density at radius 1 is 1.21 bits per heavy atom. The van der Waals surface area contributed by atoms with Gasteiger partial charge in [0.1, 0.15) is 11.6 Å². The molecule has 0 atom stereocenters. The van der Waals surface area contributed by atoms with Crippen LogP contribution < -0.4 is 10.2 Å². The van der Waals surface area contributed by atoms with Gasteiger partial charge in [-0.1, -0.05) is 0 Å². The number of halogens is 2. The van der Waals surface area contributed by atoms with E-state index in [-0.39, 0.29) is 5.82 Å². The third-order valence-corrected chi connectivity index (χ3v) is 5.48. The zero-order valence-electron chi connectivity index (χ0n) is 17.2. The largest absolute Gasteiger partial charge is 0.381 e. The SMILES string of the molecule is CN=C(NCCCOCC1CCOCC1)N1CCN(c2cc(F)ccc2F)CC1. The van der Waals surface area contributed by atoms with Gasteiger partial charge < -0.3 is 24.6 Å². The molecular weight excluding hydrogens is 378 g/mol. The van der Waals surface area contributed by atoms with Crippen LogP contribution in [0.1, 0.15) is 19.3 Å². The topological polar surface area (TPSA) is 49.3 Å². The molecule has 2 saturated heterocycles. The fourth-order valence-corrected chi connectivity index (χ4v) is 3.76. The minimum absolute atomic E-state index is 0.328. The van der Waals surface area contributed by atoms with Gasteiger partial charge in [0, 0.05) is 72.3 Å². The number of guanidine groups is 1. The number of nitrogens with zero attached hydrogens (tertiary/aromatic N) is 3. The lowest BCUT2D eigenvalue weighted by Crippen LogP contribution is -2.52. The molecule has 2 heterocycles. The van der Waals surface area contributed by atoms with Crippen molar-refractivity contribution < 1.29 is 18.3 Å². The molecule has 8 heteroatoms. The van der Waals surface area contributed by atoms with E-state index in [0.717, 1.165) is 64.3 Å². The highest BCUT2D eigenvalue weighted by atomic mass is 19.1. The summed E-state index contributed by atoms with van der Waals surface area (Å²) in [5, 5.41) is 3.38. The highest BCUT2D eigenvalue weighted by Gasteiger charge is 2.22. The van der Waals surface area contributed by atoms with E-state index in [2.05, 4.69) is 15.2 Å². The van der Waals surface area contributed by atoms with Crippen molar-refractivity contribution in [3.05, 3.63) is 29.8 Å². The maximum absolute atomic E-state index is 14.0. The summed E-state index contributed by atoms with van der Waals surface area (Å²) in [6.45, 7) is 6.69. The molecule has 0 bridgehead atoms. The average Bonchev–Trinajstić information content (AvgIpc) is 2.76. The summed E-state index contributed by atoms with van der Waals surface area (Å²) in [6, 6.07) is 3.59. The molecule has 1 aromatic carbocycles. The van der Waals surface area contributed by atoms with Crippen LogP contribution in [0.2, 0.25) is 0 Å². The van der Waals surface area contributed by atoms with E-state index in [9.17, 15) is 8.78 Å². The number of hydrogen-bond donors (Lipinski definition) is 1. The molecule has 0 amide bonds. The van der Waals surface area contributed by atoms with E-state index < -0.39 is 5.82 Å². The highest BCUT2D eigenvalue weighted by molar-refractivity contribution is 5.80. The van der Waals surface area contributed by atoms with Gasteiger partial charge in [0.15, 0.2) is 5.96 Å². The monoisotopic (exact) mass is 410 g/mol. The second-order valence-electron chi connectivity index (χ2n) is 7.53. The summed E-state index contributed by atoms with van der Waals surface area (Å²) < 4.78 is 38.6. The van der Waals surface area contributed by atoms with Gasteiger partial charge in [0.25, 0.3) is 0 Å². The number of aliphatic imine (C=N–C) groups is 1. The minimum Gasteiger partial charge on any atom is -0.381 e. The van der Waals surface area contributed by atoms with Crippen molar-refractivity contribution in [3.63, 3.8) is 0 Å². The summed E-state index contributed by atoms with van der Waals surface area (Å²) in [5.41, 5.74) is 0.328. The van der Waals surface area contributed by atoms with Gasteiger partial charge in [0.2, 0.25) is 0 Å². The first-order chi connectivity index (χ1) is 14.2. The minimum atomic E-state index is -0.416. The van der Waals surface area contributed by atoms with Crippen LogP contribution in [0.3, 0.4) is 0 Å². The molecule has 29 heavy (non-hydrogen) atoms. The average molecular weight is 411 g/mol. The Morgan fingerprint density at radius 3 is 2.69 bits per heavy atom. The van der Waals surface area contributed by atoms with Gasteiger partial charge in [-0.3, -0.25) is 4.99 Å². The van der Waals surface area contributed by atoms with Crippen molar-refractivity contribution in [1.82, 2.24) is 10.2 Å². The van der Waals surface area contributed by atoms with E-state index in [1.165, 1.54) is 12.1 Å². The number of benzene rings is 1. The molecular formula is C21H32F2N4O2. The smallest absolute Gasteiger partial charge is 0.193 e. The Labute approximate surface area is 171 Å². The van der Waals surface area contributed by atoms with E-state index in [4.69, 9.17) is 9.47 Å². The predicted octanol–water partition coefficient (Wildman–Crippen LogP) is 2.50. The molecule has 0 spiro atoms. The van der Waals surface area contributed by atoms with E-state index in [1.807, 2.05) is 4.90 Å². The van der Waals surface area contributed by atoms with Crippen molar-refractivity contribution in [2.75, 3.05) is 71.1 Å². The normalized spacial score (nSPS) is 18.9. The summed E-state index contributed by atoms with van der Waals surface area (Å²) >= 11 is 0. The Hall–Kier alpha value is -1.93. The second kappa shape index (κ2) is 11.3. The number of nitrogens with one attached hydrogen (secondary N) is 1. The van der Waals surface area contributed by atoms with Gasteiger partial charge >= 0.3 is 0 Å². The predicted molar refractivity (Wildman–Crippen MR) is 110 cm³/mol. The third-order valence-electron chi connectivity index (χ3n) is 5.48. The fraction of sp³-hybridized carbons (Fsp3) is 0.667. The molecule has 0 aromatic heterocycles. The molecule has 0 aliphatic carbocycles. The van der Waals surface area contributed by atoms with Crippen LogP contribution in [-0.2, 0) is 9.47 Å². The van der Waals surface area contributed by atoms with Gasteiger partial charge in [-0.2, -0.15) is 0 Å². The second-order valence-corrected chi connectivity index (χ2v) is 7.53. The fourth-order valence-electron chi connectivity index (χ4n) is 3.76. The van der Waals surface area contributed by atoms with Gasteiger partial charge in [-0.25, -0.2) is 8.78 Å². The lowest BCUT2D eigenvalue weighted by atomic mass is 10.0. The molecule has 2 fully saturated rings. The first kappa shape index (κ1) is 21.8. The maximum Gasteiger partial charge on any atom is 0.193 e. The van der Waals surface area contributed by atoms with Crippen LogP contribution in [0.25, 0.3) is 0 Å². The van der Waals surface area contributed by atoms with Crippen molar-refractivity contribution in [2.24, 2.45) is 10.9 Å². The molecule has 6 nitrogen and oxygen atoms in total. The number of anilines is 1. The zero-order chi connectivity index (χ0) is 20.5.